The molecule has 7 heteroatoms. The number of rotatable bonds is 15. The molecule has 1 rings (SSSR count). The van der Waals surface area contributed by atoms with Crippen LogP contribution in [0.5, 0.6) is 0 Å². The summed E-state index contributed by atoms with van der Waals surface area (Å²) in [6.07, 6.45) is 1.86. The van der Waals surface area contributed by atoms with E-state index in [0.717, 1.165) is 38.5 Å². The minimum absolute atomic E-state index is 0.419. The van der Waals surface area contributed by atoms with Crippen molar-refractivity contribution in [2.75, 3.05) is 33.5 Å². The summed E-state index contributed by atoms with van der Waals surface area (Å²) in [6.45, 7) is 7.56. The van der Waals surface area contributed by atoms with Gasteiger partial charge in [-0.25, -0.2) is 0 Å². The van der Waals surface area contributed by atoms with Crippen molar-refractivity contribution in [3.05, 3.63) is 0 Å². The van der Waals surface area contributed by atoms with Gasteiger partial charge < -0.3 is 33.9 Å². The Balaban J connectivity index is 3.02. The number of hydrogen-bond donors (Lipinski definition) is 2. The second-order valence-electron chi connectivity index (χ2n) is 7.02. The topological polar surface area (TPSA) is 86.6 Å². The maximum Gasteiger partial charge on any atom is 0.186 e. The van der Waals surface area contributed by atoms with Crippen molar-refractivity contribution in [1.29, 1.82) is 0 Å². The second kappa shape index (κ2) is 14.7. The highest BCUT2D eigenvalue weighted by Crippen LogP contribution is 2.31. The van der Waals surface area contributed by atoms with Gasteiger partial charge in [0.15, 0.2) is 6.29 Å². The number of ether oxygens (including phenoxy) is 5. The summed E-state index contributed by atoms with van der Waals surface area (Å²) in [7, 11) is 1.55. The van der Waals surface area contributed by atoms with Crippen molar-refractivity contribution in [3.63, 3.8) is 0 Å². The molecule has 0 aromatic rings. The van der Waals surface area contributed by atoms with Crippen molar-refractivity contribution in [1.82, 2.24) is 0 Å². The Morgan fingerprint density at radius 1 is 0.815 bits per heavy atom. The molecule has 0 aliphatic carbocycles. The lowest BCUT2D eigenvalue weighted by Gasteiger charge is -2.46. The Hall–Kier alpha value is -0.280. The Labute approximate surface area is 164 Å². The van der Waals surface area contributed by atoms with Crippen LogP contribution in [0.15, 0.2) is 0 Å². The molecular weight excluding hydrogens is 352 g/mol. The molecule has 1 saturated heterocycles. The number of aliphatic hydroxyl groups excluding tert-OH is 2. The van der Waals surface area contributed by atoms with Crippen LogP contribution in [-0.2, 0) is 23.7 Å². The van der Waals surface area contributed by atoms with Crippen molar-refractivity contribution in [3.8, 4) is 0 Å². The van der Waals surface area contributed by atoms with Gasteiger partial charge in [0.2, 0.25) is 0 Å². The van der Waals surface area contributed by atoms with Gasteiger partial charge in [-0.1, -0.05) is 40.0 Å². The Bertz CT molecular complexity index is 355. The van der Waals surface area contributed by atoms with Crippen LogP contribution in [0, 0.1) is 0 Å². The van der Waals surface area contributed by atoms with Crippen LogP contribution >= 0.6 is 0 Å². The Morgan fingerprint density at radius 3 is 1.74 bits per heavy atom. The van der Waals surface area contributed by atoms with Crippen LogP contribution < -0.4 is 0 Å². The van der Waals surface area contributed by atoms with Gasteiger partial charge in [0, 0.05) is 26.9 Å². The molecule has 0 spiro atoms. The lowest BCUT2D eigenvalue weighted by molar-refractivity contribution is -0.326. The number of unbranched alkanes of at least 4 members (excludes halogenated alkanes) is 3. The summed E-state index contributed by atoms with van der Waals surface area (Å²) in [4.78, 5) is 0. The predicted octanol–water partition coefficient (Wildman–Crippen LogP) is 2.27. The Morgan fingerprint density at radius 2 is 1.30 bits per heavy atom. The molecule has 2 N–H and O–H groups in total. The molecule has 1 aliphatic rings. The molecule has 1 heterocycles. The van der Waals surface area contributed by atoms with E-state index in [1.807, 2.05) is 0 Å². The summed E-state index contributed by atoms with van der Waals surface area (Å²) < 4.78 is 29.8. The monoisotopic (exact) mass is 392 g/mol. The first kappa shape index (κ1) is 24.8. The normalized spacial score (nSPS) is 29.8. The molecule has 0 aromatic heterocycles. The van der Waals surface area contributed by atoms with E-state index in [4.69, 9.17) is 23.7 Å². The van der Waals surface area contributed by atoms with E-state index in [9.17, 15) is 10.2 Å². The smallest absolute Gasteiger partial charge is 0.186 e. The fraction of sp³-hybridized carbons (Fsp3) is 1.00. The molecule has 0 saturated carbocycles. The molecule has 1 aliphatic heterocycles. The van der Waals surface area contributed by atoms with E-state index in [0.29, 0.717) is 19.8 Å². The van der Waals surface area contributed by atoms with Crippen LogP contribution in [0.4, 0.5) is 0 Å². The summed E-state index contributed by atoms with van der Waals surface area (Å²) >= 11 is 0. The van der Waals surface area contributed by atoms with Crippen molar-refractivity contribution >= 4 is 0 Å². The number of aliphatic hydroxyl groups is 2. The average Bonchev–Trinajstić information content (AvgIpc) is 2.69. The Kier molecular flexibility index (Phi) is 13.5. The first-order valence-electron chi connectivity index (χ1n) is 10.5. The zero-order chi connectivity index (χ0) is 20.1. The third kappa shape index (κ3) is 7.93. The lowest BCUT2D eigenvalue weighted by Crippen LogP contribution is -2.64. The van der Waals surface area contributed by atoms with Crippen LogP contribution in [0.3, 0.4) is 0 Å². The van der Waals surface area contributed by atoms with Crippen molar-refractivity contribution in [2.24, 2.45) is 0 Å². The van der Waals surface area contributed by atoms with Gasteiger partial charge in [0.1, 0.15) is 30.5 Å². The highest BCUT2D eigenvalue weighted by atomic mass is 16.7. The summed E-state index contributed by atoms with van der Waals surface area (Å²) in [5, 5.41) is 19.8. The highest BCUT2D eigenvalue weighted by molar-refractivity contribution is 4.95. The third-order valence-corrected chi connectivity index (χ3v) is 4.75. The molecule has 0 aromatic carbocycles. The molecule has 6 atom stereocenters. The van der Waals surface area contributed by atoms with E-state index in [2.05, 4.69) is 20.8 Å². The minimum atomic E-state index is -1.08. The van der Waals surface area contributed by atoms with Crippen LogP contribution in [0.2, 0.25) is 0 Å². The lowest BCUT2D eigenvalue weighted by atomic mass is 9.94. The van der Waals surface area contributed by atoms with E-state index in [1.165, 1.54) is 0 Å². The predicted molar refractivity (Wildman–Crippen MR) is 103 cm³/mol. The summed E-state index contributed by atoms with van der Waals surface area (Å²) in [5.74, 6) is 0. The van der Waals surface area contributed by atoms with Crippen LogP contribution in [-0.4, -0.2) is 80.6 Å². The highest BCUT2D eigenvalue weighted by Gasteiger charge is 2.50. The van der Waals surface area contributed by atoms with Crippen molar-refractivity contribution < 1.29 is 33.9 Å². The SMILES string of the molecule is CCCCOC1[C@H](OCCCC)C(C(O)CO)O[C@H](OC)[C@H]1OCCCC. The van der Waals surface area contributed by atoms with Gasteiger partial charge in [-0.3, -0.25) is 0 Å². The van der Waals surface area contributed by atoms with E-state index < -0.39 is 43.4 Å². The van der Waals surface area contributed by atoms with Gasteiger partial charge in [0.05, 0.1) is 6.61 Å². The molecule has 0 radical (unpaired) electrons. The van der Waals surface area contributed by atoms with E-state index >= 15 is 0 Å². The largest absolute Gasteiger partial charge is 0.394 e. The van der Waals surface area contributed by atoms with Gasteiger partial charge in [-0.2, -0.15) is 0 Å². The quantitative estimate of drug-likeness (QED) is 0.413. The number of methoxy groups -OCH3 is 1. The van der Waals surface area contributed by atoms with Crippen LogP contribution in [0.25, 0.3) is 0 Å². The molecule has 0 bridgehead atoms. The molecule has 0 amide bonds. The molecule has 162 valence electrons. The molecule has 27 heavy (non-hydrogen) atoms. The zero-order valence-electron chi connectivity index (χ0n) is 17.5. The fourth-order valence-corrected chi connectivity index (χ4v) is 3.09. The van der Waals surface area contributed by atoms with E-state index in [1.54, 1.807) is 7.11 Å². The standard InChI is InChI=1S/C20H40O7/c1-5-8-11-24-17-16(15(22)14-21)27-20(23-4)19(26-13-10-7-3)18(17)25-12-9-6-2/h15-22H,5-14H2,1-4H3/t15?,16?,17-,18?,19+,20+/m1/s1. The second-order valence-corrected chi connectivity index (χ2v) is 7.02. The molecule has 7 nitrogen and oxygen atoms in total. The summed E-state index contributed by atoms with van der Waals surface area (Å²) in [6, 6.07) is 0. The van der Waals surface area contributed by atoms with Crippen molar-refractivity contribution in [2.45, 2.75) is 96.1 Å². The van der Waals surface area contributed by atoms with Gasteiger partial charge >= 0.3 is 0 Å². The first-order chi connectivity index (χ1) is 13.1. The molecule has 3 unspecified atom stereocenters. The van der Waals surface area contributed by atoms with E-state index in [-0.39, 0.29) is 0 Å². The maximum atomic E-state index is 10.3. The van der Waals surface area contributed by atoms with Gasteiger partial charge in [-0.15, -0.1) is 0 Å². The fourth-order valence-electron chi connectivity index (χ4n) is 3.09. The number of hydrogen-bond acceptors (Lipinski definition) is 7. The molecular formula is C20H40O7. The molecule has 1 fully saturated rings. The third-order valence-electron chi connectivity index (χ3n) is 4.75. The van der Waals surface area contributed by atoms with Gasteiger partial charge in [0.25, 0.3) is 0 Å². The summed E-state index contributed by atoms with van der Waals surface area (Å²) in [5.41, 5.74) is 0. The minimum Gasteiger partial charge on any atom is -0.394 e. The first-order valence-corrected chi connectivity index (χ1v) is 10.5. The zero-order valence-corrected chi connectivity index (χ0v) is 17.5. The van der Waals surface area contributed by atoms with Crippen LogP contribution in [0.1, 0.15) is 59.3 Å². The average molecular weight is 393 g/mol. The maximum absolute atomic E-state index is 10.3. The van der Waals surface area contributed by atoms with Gasteiger partial charge in [-0.05, 0) is 19.3 Å².